The molecule has 1 amide bonds. The van der Waals surface area contributed by atoms with E-state index in [9.17, 15) is 9.59 Å². The molecular weight excluding hydrogens is 239 g/mol. The number of nitrogens with zero attached hydrogens (tertiary/aromatic N) is 1. The Morgan fingerprint density at radius 2 is 1.87 bits per heavy atom. The lowest BCUT2D eigenvalue weighted by atomic mass is 10.2. The number of halogens is 2. The van der Waals surface area contributed by atoms with Gasteiger partial charge in [0, 0.05) is 5.56 Å². The lowest BCUT2D eigenvalue weighted by molar-refractivity contribution is -0.116. The number of aromatic nitrogens is 1. The summed E-state index contributed by atoms with van der Waals surface area (Å²) in [6.07, 6.45) is 0. The van der Waals surface area contributed by atoms with Gasteiger partial charge in [-0.15, -0.1) is 0 Å². The standard InChI is InChI=1S/C9H8Cl2N2O2/c1-5(14)4-12-9(15)6-2-7(10)13-8(11)3-6/h2-3H,4H2,1H3,(H,12,15). The lowest BCUT2D eigenvalue weighted by Crippen LogP contribution is -2.28. The molecule has 6 heteroatoms. The number of Topliss-reactive ketones (excluding diaryl/α,β-unsaturated/α-hetero) is 1. The molecular formula is C9H8Cl2N2O2. The number of hydrogen-bond acceptors (Lipinski definition) is 3. The summed E-state index contributed by atoms with van der Waals surface area (Å²) in [6, 6.07) is 2.76. The number of rotatable bonds is 3. The number of carbonyl (C=O) groups is 2. The van der Waals surface area contributed by atoms with Crippen LogP contribution in [-0.2, 0) is 4.79 Å². The first-order chi connectivity index (χ1) is 6.99. The zero-order valence-corrected chi connectivity index (χ0v) is 9.39. The molecule has 0 aliphatic rings. The molecule has 0 fully saturated rings. The molecule has 1 aromatic rings. The maximum atomic E-state index is 11.4. The second-order valence-corrected chi connectivity index (χ2v) is 3.66. The first-order valence-corrected chi connectivity index (χ1v) is 4.85. The number of pyridine rings is 1. The summed E-state index contributed by atoms with van der Waals surface area (Å²) in [4.78, 5) is 25.8. The minimum absolute atomic E-state index is 0.0175. The third-order valence-electron chi connectivity index (χ3n) is 1.52. The van der Waals surface area contributed by atoms with Gasteiger partial charge in [0.1, 0.15) is 16.1 Å². The predicted molar refractivity (Wildman–Crippen MR) is 57.3 cm³/mol. The minimum atomic E-state index is -0.406. The van der Waals surface area contributed by atoms with Gasteiger partial charge in [-0.2, -0.15) is 0 Å². The molecule has 0 bridgehead atoms. The third kappa shape index (κ3) is 3.85. The monoisotopic (exact) mass is 246 g/mol. The summed E-state index contributed by atoms with van der Waals surface area (Å²) >= 11 is 11.2. The molecule has 15 heavy (non-hydrogen) atoms. The van der Waals surface area contributed by atoms with Crippen LogP contribution < -0.4 is 5.32 Å². The normalized spacial score (nSPS) is 9.80. The maximum Gasteiger partial charge on any atom is 0.251 e. The van der Waals surface area contributed by atoms with Gasteiger partial charge in [-0.25, -0.2) is 4.98 Å². The molecule has 4 nitrogen and oxygen atoms in total. The average molecular weight is 247 g/mol. The molecule has 0 aliphatic carbocycles. The van der Waals surface area contributed by atoms with E-state index >= 15 is 0 Å². The van der Waals surface area contributed by atoms with Crippen LogP contribution in [-0.4, -0.2) is 23.2 Å². The molecule has 0 aromatic carbocycles. The smallest absolute Gasteiger partial charge is 0.251 e. The molecule has 1 rings (SSSR count). The van der Waals surface area contributed by atoms with E-state index in [1.807, 2.05) is 0 Å². The zero-order valence-electron chi connectivity index (χ0n) is 7.88. The highest BCUT2D eigenvalue weighted by atomic mass is 35.5. The number of hydrogen-bond donors (Lipinski definition) is 1. The summed E-state index contributed by atoms with van der Waals surface area (Å²) in [5.41, 5.74) is 0.279. The fourth-order valence-corrected chi connectivity index (χ4v) is 1.36. The lowest BCUT2D eigenvalue weighted by Gasteiger charge is -2.03. The molecule has 80 valence electrons. The molecule has 0 atom stereocenters. The first-order valence-electron chi connectivity index (χ1n) is 4.10. The summed E-state index contributed by atoms with van der Waals surface area (Å²) in [6.45, 7) is 1.36. The Balaban J connectivity index is 2.77. The van der Waals surface area contributed by atoms with Crippen LogP contribution in [0.5, 0.6) is 0 Å². The van der Waals surface area contributed by atoms with E-state index in [1.165, 1.54) is 19.1 Å². The fourth-order valence-electron chi connectivity index (χ4n) is 0.903. The van der Waals surface area contributed by atoms with E-state index in [2.05, 4.69) is 10.3 Å². The second kappa shape index (κ2) is 5.09. The first kappa shape index (κ1) is 11.9. The van der Waals surface area contributed by atoms with E-state index in [1.54, 1.807) is 0 Å². The van der Waals surface area contributed by atoms with Gasteiger partial charge in [0.2, 0.25) is 0 Å². The van der Waals surface area contributed by atoms with Gasteiger partial charge in [0.15, 0.2) is 0 Å². The van der Waals surface area contributed by atoms with Crippen molar-refractivity contribution in [2.24, 2.45) is 0 Å². The molecule has 1 heterocycles. The summed E-state index contributed by atoms with van der Waals surface area (Å²) in [5, 5.41) is 2.69. The number of nitrogens with one attached hydrogen (secondary N) is 1. The molecule has 0 radical (unpaired) electrons. The van der Waals surface area contributed by atoms with Gasteiger partial charge < -0.3 is 5.32 Å². The summed E-state index contributed by atoms with van der Waals surface area (Å²) in [5.74, 6) is -0.536. The van der Waals surface area contributed by atoms with Crippen LogP contribution in [0.3, 0.4) is 0 Å². The van der Waals surface area contributed by atoms with Crippen molar-refractivity contribution in [1.29, 1.82) is 0 Å². The van der Waals surface area contributed by atoms with Crippen LogP contribution in [0.15, 0.2) is 12.1 Å². The summed E-state index contributed by atoms with van der Waals surface area (Å²) < 4.78 is 0. The van der Waals surface area contributed by atoms with E-state index in [4.69, 9.17) is 23.2 Å². The van der Waals surface area contributed by atoms with Crippen molar-refractivity contribution in [3.63, 3.8) is 0 Å². The maximum absolute atomic E-state index is 11.4. The minimum Gasteiger partial charge on any atom is -0.345 e. The number of carbonyl (C=O) groups excluding carboxylic acids is 2. The molecule has 0 unspecified atom stereocenters. The van der Waals surface area contributed by atoms with Gasteiger partial charge >= 0.3 is 0 Å². The molecule has 0 saturated heterocycles. The van der Waals surface area contributed by atoms with Crippen LogP contribution in [0.4, 0.5) is 0 Å². The Labute approximate surface area is 96.6 Å². The van der Waals surface area contributed by atoms with Crippen LogP contribution in [0.1, 0.15) is 17.3 Å². The zero-order chi connectivity index (χ0) is 11.4. The van der Waals surface area contributed by atoms with E-state index < -0.39 is 5.91 Å². The van der Waals surface area contributed by atoms with Gasteiger partial charge in [0.25, 0.3) is 5.91 Å². The third-order valence-corrected chi connectivity index (χ3v) is 1.91. The highest BCUT2D eigenvalue weighted by molar-refractivity contribution is 6.33. The van der Waals surface area contributed by atoms with Crippen molar-refractivity contribution in [3.05, 3.63) is 28.0 Å². The Hall–Kier alpha value is -1.13. The van der Waals surface area contributed by atoms with Crippen molar-refractivity contribution < 1.29 is 9.59 Å². The molecule has 0 saturated carbocycles. The van der Waals surface area contributed by atoms with Crippen molar-refractivity contribution in [2.75, 3.05) is 6.54 Å². The van der Waals surface area contributed by atoms with Gasteiger partial charge in [-0.1, -0.05) is 23.2 Å². The Morgan fingerprint density at radius 1 is 1.33 bits per heavy atom. The Morgan fingerprint density at radius 3 is 2.33 bits per heavy atom. The largest absolute Gasteiger partial charge is 0.345 e. The van der Waals surface area contributed by atoms with Gasteiger partial charge in [-0.3, -0.25) is 9.59 Å². The van der Waals surface area contributed by atoms with Gasteiger partial charge in [0.05, 0.1) is 6.54 Å². The van der Waals surface area contributed by atoms with E-state index in [0.29, 0.717) is 0 Å². The van der Waals surface area contributed by atoms with Crippen molar-refractivity contribution in [1.82, 2.24) is 10.3 Å². The topological polar surface area (TPSA) is 59.1 Å². The molecule has 1 N–H and O–H groups in total. The average Bonchev–Trinajstić information content (AvgIpc) is 2.12. The predicted octanol–water partition coefficient (Wildman–Crippen LogP) is 1.71. The number of ketones is 1. The quantitative estimate of drug-likeness (QED) is 0.827. The SMILES string of the molecule is CC(=O)CNC(=O)c1cc(Cl)nc(Cl)c1. The highest BCUT2D eigenvalue weighted by Gasteiger charge is 2.08. The summed E-state index contributed by atoms with van der Waals surface area (Å²) in [7, 11) is 0. The molecule has 0 spiro atoms. The highest BCUT2D eigenvalue weighted by Crippen LogP contribution is 2.14. The number of amides is 1. The Bertz CT molecular complexity index is 387. The van der Waals surface area contributed by atoms with Crippen LogP contribution in [0.2, 0.25) is 10.3 Å². The van der Waals surface area contributed by atoms with Crippen molar-refractivity contribution in [3.8, 4) is 0 Å². The van der Waals surface area contributed by atoms with Crippen LogP contribution in [0, 0.1) is 0 Å². The van der Waals surface area contributed by atoms with Crippen molar-refractivity contribution >= 4 is 34.9 Å². The Kier molecular flexibility index (Phi) is 4.05. The fraction of sp³-hybridized carbons (Fsp3) is 0.222. The van der Waals surface area contributed by atoms with Crippen LogP contribution in [0.25, 0.3) is 0 Å². The van der Waals surface area contributed by atoms with E-state index in [0.717, 1.165) is 0 Å². The molecule has 0 aliphatic heterocycles. The van der Waals surface area contributed by atoms with Gasteiger partial charge in [-0.05, 0) is 19.1 Å². The van der Waals surface area contributed by atoms with E-state index in [-0.39, 0.29) is 28.2 Å². The van der Waals surface area contributed by atoms with Crippen LogP contribution >= 0.6 is 23.2 Å². The van der Waals surface area contributed by atoms with Crippen molar-refractivity contribution in [2.45, 2.75) is 6.92 Å². The second-order valence-electron chi connectivity index (χ2n) is 2.89. The molecule has 1 aromatic heterocycles.